The van der Waals surface area contributed by atoms with Crippen molar-refractivity contribution in [2.24, 2.45) is 0 Å². The first-order valence-electron chi connectivity index (χ1n) is 7.81. The Morgan fingerprint density at radius 1 is 1.24 bits per heavy atom. The summed E-state index contributed by atoms with van der Waals surface area (Å²) in [5, 5.41) is 13.2. The number of ether oxygens (including phenoxy) is 1. The van der Waals surface area contributed by atoms with Gasteiger partial charge in [-0.25, -0.2) is 0 Å². The molecule has 0 aromatic heterocycles. The fourth-order valence-corrected chi connectivity index (χ4v) is 3.26. The molecule has 0 atom stereocenters. The minimum Gasteiger partial charge on any atom is -0.504 e. The molecule has 2 N–H and O–H groups in total. The van der Waals surface area contributed by atoms with Crippen LogP contribution in [0.1, 0.15) is 37.7 Å². The van der Waals surface area contributed by atoms with Crippen molar-refractivity contribution in [3.05, 3.63) is 23.8 Å². The lowest BCUT2D eigenvalue weighted by molar-refractivity contribution is 0.0984. The molecule has 2 rings (SSSR count). The summed E-state index contributed by atoms with van der Waals surface area (Å²) in [4.78, 5) is 2.39. The molecule has 1 aromatic carbocycles. The molecule has 1 aliphatic carbocycles. The fraction of sp³-hybridized carbons (Fsp3) is 0.647. The second kappa shape index (κ2) is 7.14. The van der Waals surface area contributed by atoms with E-state index in [9.17, 15) is 5.11 Å². The van der Waals surface area contributed by atoms with Gasteiger partial charge in [0.15, 0.2) is 11.5 Å². The van der Waals surface area contributed by atoms with E-state index in [1.54, 1.807) is 13.2 Å². The predicted octanol–water partition coefficient (Wildman–Crippen LogP) is 2.75. The standard InChI is InChI=1S/C17H28N2O2/c1-19(2)17(9-5-4-6-10-17)13-18-12-14-7-8-15(20)16(11-14)21-3/h7-8,11,18,20H,4-6,9-10,12-13H2,1-3H3. The molecule has 0 bridgehead atoms. The van der Waals surface area contributed by atoms with Crippen molar-refractivity contribution in [3.8, 4) is 11.5 Å². The quantitative estimate of drug-likeness (QED) is 0.846. The lowest BCUT2D eigenvalue weighted by Crippen LogP contribution is -2.52. The molecule has 0 unspecified atom stereocenters. The number of nitrogens with one attached hydrogen (secondary N) is 1. The molecular weight excluding hydrogens is 264 g/mol. The number of likely N-dealkylation sites (N-methyl/N-ethyl adjacent to an activating group) is 1. The topological polar surface area (TPSA) is 44.7 Å². The summed E-state index contributed by atoms with van der Waals surface area (Å²) in [7, 11) is 5.96. The van der Waals surface area contributed by atoms with Gasteiger partial charge in [-0.1, -0.05) is 25.3 Å². The highest BCUT2D eigenvalue weighted by Gasteiger charge is 2.33. The summed E-state index contributed by atoms with van der Waals surface area (Å²) in [6.45, 7) is 1.80. The molecule has 4 nitrogen and oxygen atoms in total. The number of benzene rings is 1. The minimum absolute atomic E-state index is 0.193. The van der Waals surface area contributed by atoms with Gasteiger partial charge in [-0.15, -0.1) is 0 Å². The van der Waals surface area contributed by atoms with Gasteiger partial charge in [0.25, 0.3) is 0 Å². The molecule has 1 aromatic rings. The van der Waals surface area contributed by atoms with Crippen molar-refractivity contribution in [1.82, 2.24) is 10.2 Å². The normalized spacial score (nSPS) is 17.9. The molecule has 0 spiro atoms. The van der Waals surface area contributed by atoms with E-state index in [-0.39, 0.29) is 5.75 Å². The number of methoxy groups -OCH3 is 1. The zero-order valence-corrected chi connectivity index (χ0v) is 13.5. The summed E-state index contributed by atoms with van der Waals surface area (Å²) in [5.41, 5.74) is 1.42. The molecule has 21 heavy (non-hydrogen) atoms. The summed E-state index contributed by atoms with van der Waals surface area (Å²) < 4.78 is 5.15. The van der Waals surface area contributed by atoms with Gasteiger partial charge < -0.3 is 20.1 Å². The van der Waals surface area contributed by atoms with Gasteiger partial charge in [0, 0.05) is 18.6 Å². The number of aromatic hydroxyl groups is 1. The minimum atomic E-state index is 0.193. The Morgan fingerprint density at radius 3 is 2.57 bits per heavy atom. The lowest BCUT2D eigenvalue weighted by atomic mass is 9.80. The Kier molecular flexibility index (Phi) is 5.48. The van der Waals surface area contributed by atoms with Crippen molar-refractivity contribution < 1.29 is 9.84 Å². The van der Waals surface area contributed by atoms with Crippen LogP contribution in [-0.4, -0.2) is 43.3 Å². The Morgan fingerprint density at radius 2 is 1.95 bits per heavy atom. The zero-order chi connectivity index (χ0) is 15.3. The zero-order valence-electron chi connectivity index (χ0n) is 13.5. The van der Waals surface area contributed by atoms with Crippen LogP contribution >= 0.6 is 0 Å². The Balaban J connectivity index is 1.93. The van der Waals surface area contributed by atoms with E-state index in [1.807, 2.05) is 12.1 Å². The van der Waals surface area contributed by atoms with Gasteiger partial charge in [0.1, 0.15) is 0 Å². The first-order chi connectivity index (χ1) is 10.1. The van der Waals surface area contributed by atoms with Crippen molar-refractivity contribution in [1.29, 1.82) is 0 Å². The summed E-state index contributed by atoms with van der Waals surface area (Å²) in [6, 6.07) is 5.53. The van der Waals surface area contributed by atoms with E-state index in [4.69, 9.17) is 4.74 Å². The van der Waals surface area contributed by atoms with Crippen LogP contribution in [-0.2, 0) is 6.54 Å². The summed E-state index contributed by atoms with van der Waals surface area (Å²) in [6.07, 6.45) is 6.56. The lowest BCUT2D eigenvalue weighted by Gasteiger charge is -2.43. The smallest absolute Gasteiger partial charge is 0.160 e. The van der Waals surface area contributed by atoms with E-state index in [0.717, 1.165) is 18.7 Å². The third-order valence-electron chi connectivity index (χ3n) is 4.76. The van der Waals surface area contributed by atoms with E-state index >= 15 is 0 Å². The molecule has 0 radical (unpaired) electrons. The largest absolute Gasteiger partial charge is 0.504 e. The maximum atomic E-state index is 9.63. The summed E-state index contributed by atoms with van der Waals surface area (Å²) >= 11 is 0. The maximum absolute atomic E-state index is 9.63. The van der Waals surface area contributed by atoms with Crippen LogP contribution in [0.2, 0.25) is 0 Å². The van der Waals surface area contributed by atoms with Crippen LogP contribution in [0.25, 0.3) is 0 Å². The van der Waals surface area contributed by atoms with Crippen molar-refractivity contribution in [3.63, 3.8) is 0 Å². The fourth-order valence-electron chi connectivity index (χ4n) is 3.26. The number of hydrogen-bond donors (Lipinski definition) is 2. The van der Waals surface area contributed by atoms with Crippen LogP contribution in [0.4, 0.5) is 0 Å². The number of phenols is 1. The number of rotatable bonds is 6. The Hall–Kier alpha value is -1.26. The first kappa shape index (κ1) is 16.1. The first-order valence-corrected chi connectivity index (χ1v) is 7.81. The highest BCUT2D eigenvalue weighted by atomic mass is 16.5. The number of hydrogen-bond acceptors (Lipinski definition) is 4. The van der Waals surface area contributed by atoms with E-state index < -0.39 is 0 Å². The van der Waals surface area contributed by atoms with Crippen LogP contribution in [0.15, 0.2) is 18.2 Å². The average Bonchev–Trinajstić information content (AvgIpc) is 2.49. The van der Waals surface area contributed by atoms with Gasteiger partial charge in [0.05, 0.1) is 7.11 Å². The predicted molar refractivity (Wildman–Crippen MR) is 85.9 cm³/mol. The van der Waals surface area contributed by atoms with Gasteiger partial charge in [-0.05, 0) is 44.6 Å². The highest BCUT2D eigenvalue weighted by molar-refractivity contribution is 5.41. The second-order valence-electron chi connectivity index (χ2n) is 6.29. The average molecular weight is 292 g/mol. The van der Waals surface area contributed by atoms with E-state index in [2.05, 4.69) is 24.3 Å². The third-order valence-corrected chi connectivity index (χ3v) is 4.76. The molecule has 118 valence electrons. The molecular formula is C17H28N2O2. The molecule has 0 saturated heterocycles. The summed E-state index contributed by atoms with van der Waals surface area (Å²) in [5.74, 6) is 0.729. The van der Waals surface area contributed by atoms with Crippen molar-refractivity contribution in [2.45, 2.75) is 44.2 Å². The van der Waals surface area contributed by atoms with Crippen LogP contribution in [0.3, 0.4) is 0 Å². The van der Waals surface area contributed by atoms with Crippen LogP contribution in [0.5, 0.6) is 11.5 Å². The van der Waals surface area contributed by atoms with E-state index in [0.29, 0.717) is 11.3 Å². The van der Waals surface area contributed by atoms with Gasteiger partial charge in [-0.3, -0.25) is 0 Å². The van der Waals surface area contributed by atoms with Gasteiger partial charge in [-0.2, -0.15) is 0 Å². The van der Waals surface area contributed by atoms with Crippen LogP contribution in [0, 0.1) is 0 Å². The maximum Gasteiger partial charge on any atom is 0.160 e. The molecule has 1 saturated carbocycles. The number of phenolic OH excluding ortho intramolecular Hbond substituents is 1. The molecule has 1 fully saturated rings. The molecule has 0 aliphatic heterocycles. The van der Waals surface area contributed by atoms with Crippen LogP contribution < -0.4 is 10.1 Å². The SMILES string of the molecule is COc1cc(CNCC2(N(C)C)CCCCC2)ccc1O. The van der Waals surface area contributed by atoms with E-state index in [1.165, 1.54) is 32.1 Å². The highest BCUT2D eigenvalue weighted by Crippen LogP contribution is 2.32. The third kappa shape index (κ3) is 3.89. The molecule has 4 heteroatoms. The van der Waals surface area contributed by atoms with Gasteiger partial charge in [0.2, 0.25) is 0 Å². The monoisotopic (exact) mass is 292 g/mol. The van der Waals surface area contributed by atoms with Gasteiger partial charge >= 0.3 is 0 Å². The molecule has 1 aliphatic rings. The molecule has 0 heterocycles. The number of nitrogens with zero attached hydrogens (tertiary/aromatic N) is 1. The van der Waals surface area contributed by atoms with Crippen molar-refractivity contribution >= 4 is 0 Å². The molecule has 0 amide bonds. The Labute approximate surface area is 128 Å². The van der Waals surface area contributed by atoms with Crippen molar-refractivity contribution in [2.75, 3.05) is 27.7 Å². The second-order valence-corrected chi connectivity index (χ2v) is 6.29. The Bertz CT molecular complexity index is 454.